The van der Waals surface area contributed by atoms with E-state index in [1.165, 1.54) is 19.2 Å². The van der Waals surface area contributed by atoms with E-state index in [-0.39, 0.29) is 24.2 Å². The molecule has 1 aliphatic heterocycles. The third-order valence-electron chi connectivity index (χ3n) is 4.84. The highest BCUT2D eigenvalue weighted by molar-refractivity contribution is 5.92. The Labute approximate surface area is 129 Å². The van der Waals surface area contributed by atoms with Crippen LogP contribution in [-0.4, -0.2) is 58.8 Å². The predicted octanol–water partition coefficient (Wildman–Crippen LogP) is 1.28. The van der Waals surface area contributed by atoms with Crippen molar-refractivity contribution in [2.45, 2.75) is 43.9 Å². The van der Waals surface area contributed by atoms with Crippen LogP contribution in [0.15, 0.2) is 18.6 Å². The summed E-state index contributed by atoms with van der Waals surface area (Å²) >= 11 is 0. The average Bonchev–Trinajstić information content (AvgIpc) is 3.30. The van der Waals surface area contributed by atoms with Crippen molar-refractivity contribution in [3.63, 3.8) is 0 Å². The van der Waals surface area contributed by atoms with Crippen molar-refractivity contribution in [3.05, 3.63) is 24.3 Å². The Morgan fingerprint density at radius 2 is 2.27 bits per heavy atom. The highest BCUT2D eigenvalue weighted by Crippen LogP contribution is 2.35. The molecule has 2 heterocycles. The summed E-state index contributed by atoms with van der Waals surface area (Å²) < 4.78 is 12.1. The van der Waals surface area contributed by atoms with Crippen molar-refractivity contribution in [2.24, 2.45) is 5.92 Å². The van der Waals surface area contributed by atoms with E-state index < -0.39 is 0 Å². The zero-order valence-corrected chi connectivity index (χ0v) is 12.6. The average molecular weight is 303 g/mol. The van der Waals surface area contributed by atoms with Crippen LogP contribution in [0.1, 0.15) is 36.2 Å². The molecule has 0 spiro atoms. The van der Waals surface area contributed by atoms with Gasteiger partial charge in [-0.05, 0) is 37.7 Å². The number of aromatic nitrogens is 2. The quantitative estimate of drug-likeness (QED) is 0.838. The molecule has 1 amide bonds. The second-order valence-corrected chi connectivity index (χ2v) is 6.39. The van der Waals surface area contributed by atoms with Crippen molar-refractivity contribution in [1.82, 2.24) is 14.9 Å². The Kier molecular flexibility index (Phi) is 3.80. The Hall–Kier alpha value is -1.53. The van der Waals surface area contributed by atoms with E-state index in [2.05, 4.69) is 9.97 Å². The molecule has 2 bridgehead atoms. The van der Waals surface area contributed by atoms with Gasteiger partial charge < -0.3 is 14.4 Å². The minimum Gasteiger partial charge on any atom is -0.374 e. The van der Waals surface area contributed by atoms with E-state index in [1.807, 2.05) is 4.90 Å². The van der Waals surface area contributed by atoms with Crippen LogP contribution in [0, 0.1) is 5.92 Å². The maximum Gasteiger partial charge on any atom is 0.272 e. The number of amides is 1. The van der Waals surface area contributed by atoms with Crippen molar-refractivity contribution in [2.75, 3.05) is 19.8 Å². The summed E-state index contributed by atoms with van der Waals surface area (Å²) in [5.74, 6) is 0.673. The molecule has 2 saturated carbocycles. The maximum atomic E-state index is 12.8. The van der Waals surface area contributed by atoms with E-state index in [0.29, 0.717) is 24.8 Å². The molecule has 118 valence electrons. The number of fused-ring (bicyclic) bond motifs is 2. The molecule has 1 saturated heterocycles. The summed E-state index contributed by atoms with van der Waals surface area (Å²) in [6.45, 7) is 1.98. The standard InChI is InChI=1S/C16H21N3O3/c20-16(12-5-6-17-10-18-12)19-7-8-21-14-4-3-13(19)15(14)22-9-11-1-2-11/h5-6,10-11,13-15H,1-4,7-9H2. The lowest BCUT2D eigenvalue weighted by atomic mass is 10.1. The largest absolute Gasteiger partial charge is 0.374 e. The molecular formula is C16H21N3O3. The molecule has 6 nitrogen and oxygen atoms in total. The molecular weight excluding hydrogens is 282 g/mol. The highest BCUT2D eigenvalue weighted by atomic mass is 16.5. The fourth-order valence-electron chi connectivity index (χ4n) is 3.46. The fraction of sp³-hybridized carbons (Fsp3) is 0.688. The minimum absolute atomic E-state index is 0.00823. The molecule has 1 aromatic heterocycles. The molecule has 3 unspecified atom stereocenters. The summed E-state index contributed by atoms with van der Waals surface area (Å²) in [5, 5.41) is 0. The molecule has 3 aliphatic rings. The Bertz CT molecular complexity index is 535. The van der Waals surface area contributed by atoms with Gasteiger partial charge in [-0.2, -0.15) is 0 Å². The normalized spacial score (nSPS) is 31.1. The zero-order valence-electron chi connectivity index (χ0n) is 12.6. The second-order valence-electron chi connectivity index (χ2n) is 6.39. The molecule has 3 fully saturated rings. The molecule has 0 N–H and O–H groups in total. The smallest absolute Gasteiger partial charge is 0.272 e. The van der Waals surface area contributed by atoms with Gasteiger partial charge in [-0.25, -0.2) is 9.97 Å². The molecule has 4 rings (SSSR count). The van der Waals surface area contributed by atoms with Crippen LogP contribution >= 0.6 is 0 Å². The van der Waals surface area contributed by atoms with Crippen LogP contribution in [-0.2, 0) is 9.47 Å². The first-order valence-electron chi connectivity index (χ1n) is 8.13. The minimum atomic E-state index is -0.0430. The van der Waals surface area contributed by atoms with Crippen LogP contribution in [0.5, 0.6) is 0 Å². The van der Waals surface area contributed by atoms with Crippen LogP contribution in [0.2, 0.25) is 0 Å². The number of carbonyl (C=O) groups excluding carboxylic acids is 1. The molecule has 0 radical (unpaired) electrons. The van der Waals surface area contributed by atoms with Crippen LogP contribution in [0.3, 0.4) is 0 Å². The third kappa shape index (κ3) is 2.73. The second kappa shape index (κ2) is 5.93. The van der Waals surface area contributed by atoms with Crippen LogP contribution in [0.25, 0.3) is 0 Å². The molecule has 6 heteroatoms. The molecule has 0 aromatic carbocycles. The summed E-state index contributed by atoms with van der Waals surface area (Å²) in [5.41, 5.74) is 0.446. The Morgan fingerprint density at radius 3 is 3.05 bits per heavy atom. The number of carbonyl (C=O) groups is 1. The van der Waals surface area contributed by atoms with E-state index in [4.69, 9.17) is 9.47 Å². The van der Waals surface area contributed by atoms with Crippen LogP contribution < -0.4 is 0 Å². The van der Waals surface area contributed by atoms with Gasteiger partial charge in [0.05, 0.1) is 18.8 Å². The fourth-order valence-corrected chi connectivity index (χ4v) is 3.46. The van der Waals surface area contributed by atoms with E-state index in [1.54, 1.807) is 12.3 Å². The lowest BCUT2D eigenvalue weighted by molar-refractivity contribution is -0.0557. The Balaban J connectivity index is 1.52. The maximum absolute atomic E-state index is 12.8. The van der Waals surface area contributed by atoms with Gasteiger partial charge in [0.2, 0.25) is 0 Å². The molecule has 1 aromatic rings. The van der Waals surface area contributed by atoms with E-state index in [0.717, 1.165) is 19.4 Å². The number of hydrogen-bond acceptors (Lipinski definition) is 5. The van der Waals surface area contributed by atoms with E-state index in [9.17, 15) is 4.79 Å². The topological polar surface area (TPSA) is 64.6 Å². The van der Waals surface area contributed by atoms with Crippen molar-refractivity contribution < 1.29 is 14.3 Å². The summed E-state index contributed by atoms with van der Waals surface area (Å²) in [6.07, 6.45) is 7.61. The van der Waals surface area contributed by atoms with Gasteiger partial charge in [0.25, 0.3) is 5.91 Å². The monoisotopic (exact) mass is 303 g/mol. The lowest BCUT2D eigenvalue weighted by Crippen LogP contribution is -2.46. The molecule has 22 heavy (non-hydrogen) atoms. The highest BCUT2D eigenvalue weighted by Gasteiger charge is 2.45. The summed E-state index contributed by atoms with van der Waals surface area (Å²) in [6, 6.07) is 1.77. The van der Waals surface area contributed by atoms with Crippen molar-refractivity contribution in [3.8, 4) is 0 Å². The van der Waals surface area contributed by atoms with Gasteiger partial charge in [0.1, 0.15) is 18.1 Å². The first-order chi connectivity index (χ1) is 10.8. The predicted molar refractivity (Wildman–Crippen MR) is 78.3 cm³/mol. The molecule has 3 atom stereocenters. The zero-order chi connectivity index (χ0) is 14.9. The van der Waals surface area contributed by atoms with Gasteiger partial charge in [-0.1, -0.05) is 0 Å². The van der Waals surface area contributed by atoms with Gasteiger partial charge in [-0.3, -0.25) is 4.79 Å². The lowest BCUT2D eigenvalue weighted by Gasteiger charge is -2.31. The SMILES string of the molecule is O=C(c1ccncn1)N1CCOC2CCC1C2OCC1CC1. The van der Waals surface area contributed by atoms with Gasteiger partial charge in [-0.15, -0.1) is 0 Å². The van der Waals surface area contributed by atoms with Crippen LogP contribution in [0.4, 0.5) is 0 Å². The number of ether oxygens (including phenoxy) is 2. The third-order valence-corrected chi connectivity index (χ3v) is 4.84. The first-order valence-corrected chi connectivity index (χ1v) is 8.13. The van der Waals surface area contributed by atoms with Crippen molar-refractivity contribution >= 4 is 5.91 Å². The van der Waals surface area contributed by atoms with Gasteiger partial charge in [0.15, 0.2) is 0 Å². The summed E-state index contributed by atoms with van der Waals surface area (Å²) in [4.78, 5) is 22.6. The van der Waals surface area contributed by atoms with Gasteiger partial charge in [0, 0.05) is 19.3 Å². The number of hydrogen-bond donors (Lipinski definition) is 0. The first kappa shape index (κ1) is 14.1. The Morgan fingerprint density at radius 1 is 1.36 bits per heavy atom. The van der Waals surface area contributed by atoms with E-state index >= 15 is 0 Å². The number of rotatable bonds is 4. The van der Waals surface area contributed by atoms with Crippen molar-refractivity contribution in [1.29, 1.82) is 0 Å². The molecule has 2 aliphatic carbocycles. The summed E-state index contributed by atoms with van der Waals surface area (Å²) in [7, 11) is 0. The number of nitrogens with zero attached hydrogens (tertiary/aromatic N) is 3. The van der Waals surface area contributed by atoms with Gasteiger partial charge >= 0.3 is 0 Å².